The van der Waals surface area contributed by atoms with Gasteiger partial charge in [-0.15, -0.1) is 0 Å². The molecule has 1 aromatic heterocycles. The van der Waals surface area contributed by atoms with E-state index in [2.05, 4.69) is 4.98 Å². The Morgan fingerprint density at radius 1 is 1.22 bits per heavy atom. The molecule has 0 aliphatic heterocycles. The number of hydrogen-bond acceptors (Lipinski definition) is 4. The van der Waals surface area contributed by atoms with E-state index in [1.54, 1.807) is 6.07 Å². The molecule has 0 aliphatic rings. The molecule has 92 valence electrons. The van der Waals surface area contributed by atoms with E-state index in [1.807, 2.05) is 30.3 Å². The van der Waals surface area contributed by atoms with Crippen LogP contribution in [0.15, 0.2) is 42.6 Å². The van der Waals surface area contributed by atoms with Crippen LogP contribution in [-0.2, 0) is 6.61 Å². The van der Waals surface area contributed by atoms with Gasteiger partial charge in [-0.2, -0.15) is 0 Å². The van der Waals surface area contributed by atoms with Gasteiger partial charge in [0.25, 0.3) is 0 Å². The summed E-state index contributed by atoms with van der Waals surface area (Å²) in [6.45, 7) is 0.430. The van der Waals surface area contributed by atoms with Crippen molar-refractivity contribution in [2.45, 2.75) is 6.61 Å². The zero-order chi connectivity index (χ0) is 12.8. The summed E-state index contributed by atoms with van der Waals surface area (Å²) in [4.78, 5) is 14.6. The van der Waals surface area contributed by atoms with Crippen LogP contribution in [0.1, 0.15) is 16.1 Å². The number of ether oxygens (including phenoxy) is 2. The maximum absolute atomic E-state index is 10.6. The predicted molar refractivity (Wildman–Crippen MR) is 67.0 cm³/mol. The quantitative estimate of drug-likeness (QED) is 0.757. The summed E-state index contributed by atoms with van der Waals surface area (Å²) in [5.74, 6) is 1.02. The molecule has 0 radical (unpaired) electrons. The maximum Gasteiger partial charge on any atom is 0.179 e. The van der Waals surface area contributed by atoms with Gasteiger partial charge in [0.2, 0.25) is 0 Å². The van der Waals surface area contributed by atoms with Crippen molar-refractivity contribution in [3.8, 4) is 11.5 Å². The molecule has 0 spiro atoms. The molecule has 0 amide bonds. The largest absolute Gasteiger partial charge is 0.493 e. The van der Waals surface area contributed by atoms with E-state index in [1.165, 1.54) is 13.3 Å². The van der Waals surface area contributed by atoms with Crippen molar-refractivity contribution in [1.29, 1.82) is 0 Å². The monoisotopic (exact) mass is 243 g/mol. The number of nitrogens with zero attached hydrogens (tertiary/aromatic N) is 1. The number of aromatic nitrogens is 1. The lowest BCUT2D eigenvalue weighted by Gasteiger charge is -2.10. The summed E-state index contributed by atoms with van der Waals surface area (Å²) < 4.78 is 10.8. The first-order valence-electron chi connectivity index (χ1n) is 5.49. The summed E-state index contributed by atoms with van der Waals surface area (Å²) in [6, 6.07) is 11.3. The molecule has 2 aromatic rings. The molecule has 2 rings (SSSR count). The average Bonchev–Trinajstić information content (AvgIpc) is 2.46. The first-order valence-corrected chi connectivity index (χ1v) is 5.49. The number of hydrogen-bond donors (Lipinski definition) is 0. The fourth-order valence-electron chi connectivity index (χ4n) is 1.51. The van der Waals surface area contributed by atoms with Gasteiger partial charge in [-0.25, -0.2) is 4.98 Å². The summed E-state index contributed by atoms with van der Waals surface area (Å²) in [6.07, 6.45) is 2.16. The van der Waals surface area contributed by atoms with Gasteiger partial charge in [-0.3, -0.25) is 4.79 Å². The van der Waals surface area contributed by atoms with Crippen LogP contribution in [0.5, 0.6) is 11.5 Å². The van der Waals surface area contributed by atoms with Crippen LogP contribution in [0.4, 0.5) is 0 Å². The Morgan fingerprint density at radius 2 is 2.00 bits per heavy atom. The Kier molecular flexibility index (Phi) is 3.91. The molecule has 0 saturated carbocycles. The van der Waals surface area contributed by atoms with E-state index < -0.39 is 0 Å². The molecular weight excluding hydrogens is 230 g/mol. The second-order valence-corrected chi connectivity index (χ2v) is 3.65. The lowest BCUT2D eigenvalue weighted by Crippen LogP contribution is -1.99. The Morgan fingerprint density at radius 3 is 2.67 bits per heavy atom. The number of methoxy groups -OCH3 is 1. The molecule has 0 unspecified atom stereocenters. The summed E-state index contributed by atoms with van der Waals surface area (Å²) in [5, 5.41) is 0. The van der Waals surface area contributed by atoms with Crippen molar-refractivity contribution >= 4 is 6.29 Å². The van der Waals surface area contributed by atoms with E-state index in [9.17, 15) is 4.79 Å². The Labute approximate surface area is 105 Å². The third-order valence-electron chi connectivity index (χ3n) is 2.43. The standard InChI is InChI=1S/C14H13NO3/c1-17-13-7-12(9-16)15-8-14(13)18-10-11-5-3-2-4-6-11/h2-9H,10H2,1H3. The normalized spacial score (nSPS) is 9.83. The smallest absolute Gasteiger partial charge is 0.179 e. The summed E-state index contributed by atoms with van der Waals surface area (Å²) >= 11 is 0. The molecule has 18 heavy (non-hydrogen) atoms. The molecule has 1 heterocycles. The number of pyridine rings is 1. The van der Waals surface area contributed by atoms with Crippen molar-refractivity contribution in [1.82, 2.24) is 4.98 Å². The molecule has 1 aromatic carbocycles. The molecule has 0 N–H and O–H groups in total. The number of benzene rings is 1. The minimum absolute atomic E-state index is 0.318. The number of aldehydes is 1. The Hall–Kier alpha value is -2.36. The summed E-state index contributed by atoms with van der Waals surface area (Å²) in [5.41, 5.74) is 1.37. The molecular formula is C14H13NO3. The molecule has 0 atom stereocenters. The zero-order valence-corrected chi connectivity index (χ0v) is 10.00. The van der Waals surface area contributed by atoms with Crippen molar-refractivity contribution in [2.75, 3.05) is 7.11 Å². The van der Waals surface area contributed by atoms with Crippen LogP contribution >= 0.6 is 0 Å². The van der Waals surface area contributed by atoms with Gasteiger partial charge in [0.05, 0.1) is 13.3 Å². The Balaban J connectivity index is 2.11. The highest BCUT2D eigenvalue weighted by Crippen LogP contribution is 2.26. The minimum atomic E-state index is 0.318. The van der Waals surface area contributed by atoms with Crippen molar-refractivity contribution in [3.63, 3.8) is 0 Å². The van der Waals surface area contributed by atoms with Crippen LogP contribution in [0.25, 0.3) is 0 Å². The predicted octanol–water partition coefficient (Wildman–Crippen LogP) is 2.48. The van der Waals surface area contributed by atoms with E-state index >= 15 is 0 Å². The third-order valence-corrected chi connectivity index (χ3v) is 2.43. The maximum atomic E-state index is 10.6. The lowest BCUT2D eigenvalue weighted by molar-refractivity contribution is 0.111. The topological polar surface area (TPSA) is 48.4 Å². The minimum Gasteiger partial charge on any atom is -0.493 e. The van der Waals surface area contributed by atoms with Crippen LogP contribution in [0.2, 0.25) is 0 Å². The molecule has 4 nitrogen and oxygen atoms in total. The third kappa shape index (κ3) is 2.85. The molecule has 4 heteroatoms. The van der Waals surface area contributed by atoms with Crippen LogP contribution in [0.3, 0.4) is 0 Å². The highest BCUT2D eigenvalue weighted by Gasteiger charge is 2.06. The average molecular weight is 243 g/mol. The van der Waals surface area contributed by atoms with Gasteiger partial charge in [-0.1, -0.05) is 30.3 Å². The van der Waals surface area contributed by atoms with E-state index in [0.717, 1.165) is 5.56 Å². The van der Waals surface area contributed by atoms with Crippen LogP contribution in [0, 0.1) is 0 Å². The van der Waals surface area contributed by atoms with E-state index in [4.69, 9.17) is 9.47 Å². The van der Waals surface area contributed by atoms with Crippen LogP contribution in [-0.4, -0.2) is 18.4 Å². The van der Waals surface area contributed by atoms with E-state index in [-0.39, 0.29) is 0 Å². The molecule has 0 saturated heterocycles. The highest BCUT2D eigenvalue weighted by atomic mass is 16.5. The van der Waals surface area contributed by atoms with Gasteiger partial charge in [-0.05, 0) is 5.56 Å². The van der Waals surface area contributed by atoms with E-state index in [0.29, 0.717) is 30.1 Å². The van der Waals surface area contributed by atoms with Crippen LogP contribution < -0.4 is 9.47 Å². The van der Waals surface area contributed by atoms with Gasteiger partial charge >= 0.3 is 0 Å². The lowest BCUT2D eigenvalue weighted by atomic mass is 10.2. The fourth-order valence-corrected chi connectivity index (χ4v) is 1.51. The van der Waals surface area contributed by atoms with Gasteiger partial charge < -0.3 is 9.47 Å². The van der Waals surface area contributed by atoms with Crippen molar-refractivity contribution in [2.24, 2.45) is 0 Å². The molecule has 0 bridgehead atoms. The first-order chi connectivity index (χ1) is 8.83. The molecule has 0 aliphatic carbocycles. The van der Waals surface area contributed by atoms with Gasteiger partial charge in [0.15, 0.2) is 17.8 Å². The molecule has 0 fully saturated rings. The number of rotatable bonds is 5. The second kappa shape index (κ2) is 5.82. The fraction of sp³-hybridized carbons (Fsp3) is 0.143. The van der Waals surface area contributed by atoms with Crippen molar-refractivity contribution < 1.29 is 14.3 Å². The zero-order valence-electron chi connectivity index (χ0n) is 10.00. The summed E-state index contributed by atoms with van der Waals surface area (Å²) in [7, 11) is 1.53. The second-order valence-electron chi connectivity index (χ2n) is 3.65. The Bertz CT molecular complexity index is 526. The SMILES string of the molecule is COc1cc(C=O)ncc1OCc1ccccc1. The highest BCUT2D eigenvalue weighted by molar-refractivity contribution is 5.73. The van der Waals surface area contributed by atoms with Crippen molar-refractivity contribution in [3.05, 3.63) is 53.9 Å². The number of carbonyl (C=O) groups excluding carboxylic acids is 1. The first kappa shape index (κ1) is 12.1. The van der Waals surface area contributed by atoms with Gasteiger partial charge in [0.1, 0.15) is 12.3 Å². The number of carbonyl (C=O) groups is 1. The van der Waals surface area contributed by atoms with Gasteiger partial charge in [0, 0.05) is 6.07 Å².